The number of carbonyl (C=O) groups is 2. The fourth-order valence-corrected chi connectivity index (χ4v) is 3.78. The average Bonchev–Trinajstić information content (AvgIpc) is 3.34. The molecule has 1 unspecified atom stereocenters. The highest BCUT2D eigenvalue weighted by Crippen LogP contribution is 2.23. The number of aromatic nitrogens is 3. The van der Waals surface area contributed by atoms with Gasteiger partial charge in [0.05, 0.1) is 24.7 Å². The van der Waals surface area contributed by atoms with E-state index in [9.17, 15) is 14.0 Å². The van der Waals surface area contributed by atoms with Crippen molar-refractivity contribution in [3.63, 3.8) is 0 Å². The van der Waals surface area contributed by atoms with Gasteiger partial charge >= 0.3 is 0 Å². The monoisotopic (exact) mass is 461 g/mol. The number of hydroxylamine groups is 1. The molecule has 0 aliphatic heterocycles. The van der Waals surface area contributed by atoms with Crippen molar-refractivity contribution in [3.05, 3.63) is 95.6 Å². The topological polar surface area (TPSA) is 109 Å². The second-order valence-corrected chi connectivity index (χ2v) is 8.10. The predicted octanol–water partition coefficient (Wildman–Crippen LogP) is 3.74. The summed E-state index contributed by atoms with van der Waals surface area (Å²) in [5.74, 6) is -1.33. The number of amides is 2. The Kier molecular flexibility index (Phi) is 6.93. The van der Waals surface area contributed by atoms with Crippen molar-refractivity contribution in [2.75, 3.05) is 0 Å². The minimum Gasteiger partial charge on any atom is -0.344 e. The maximum Gasteiger partial charge on any atom is 0.251 e. The molecule has 0 spiro atoms. The maximum absolute atomic E-state index is 13.1. The molecule has 9 heteroatoms. The highest BCUT2D eigenvalue weighted by Gasteiger charge is 2.21. The Labute approximate surface area is 195 Å². The molecular formula is C25H24FN5O3. The molecule has 34 heavy (non-hydrogen) atoms. The number of carbonyl (C=O) groups excluding carboxylic acids is 2. The highest BCUT2D eigenvalue weighted by atomic mass is 19.1. The normalized spacial score (nSPS) is 12.8. The zero-order valence-corrected chi connectivity index (χ0v) is 18.5. The molecule has 0 saturated carbocycles. The molecule has 0 fully saturated rings. The van der Waals surface area contributed by atoms with Gasteiger partial charge in [0, 0.05) is 5.56 Å². The van der Waals surface area contributed by atoms with E-state index >= 15 is 0 Å². The second-order valence-electron chi connectivity index (χ2n) is 8.10. The molecule has 1 heterocycles. The van der Waals surface area contributed by atoms with E-state index in [-0.39, 0.29) is 12.3 Å². The zero-order valence-electron chi connectivity index (χ0n) is 18.5. The summed E-state index contributed by atoms with van der Waals surface area (Å²) < 4.78 is 14.7. The van der Waals surface area contributed by atoms with Crippen molar-refractivity contribution in [1.29, 1.82) is 0 Å². The predicted molar refractivity (Wildman–Crippen MR) is 124 cm³/mol. The first kappa shape index (κ1) is 23.1. The summed E-state index contributed by atoms with van der Waals surface area (Å²) in [6, 6.07) is 18.4. The minimum absolute atomic E-state index is 0.0115. The van der Waals surface area contributed by atoms with Crippen molar-refractivity contribution in [2.45, 2.75) is 31.8 Å². The van der Waals surface area contributed by atoms with E-state index in [1.54, 1.807) is 23.3 Å². The average molecular weight is 461 g/mol. The highest BCUT2D eigenvalue weighted by molar-refractivity contribution is 5.94. The fraction of sp³-hybridized carbons (Fsp3) is 0.200. The van der Waals surface area contributed by atoms with Crippen LogP contribution in [0.3, 0.4) is 0 Å². The van der Waals surface area contributed by atoms with E-state index < -0.39 is 23.8 Å². The third-order valence-corrected chi connectivity index (χ3v) is 5.63. The van der Waals surface area contributed by atoms with E-state index in [0.29, 0.717) is 17.7 Å². The van der Waals surface area contributed by atoms with Crippen LogP contribution < -0.4 is 10.8 Å². The number of halogens is 1. The molecule has 4 aromatic rings. The van der Waals surface area contributed by atoms with Crippen molar-refractivity contribution < 1.29 is 19.2 Å². The van der Waals surface area contributed by atoms with Crippen LogP contribution in [0.2, 0.25) is 0 Å². The molecule has 0 bridgehead atoms. The van der Waals surface area contributed by atoms with Gasteiger partial charge in [-0.05, 0) is 53.9 Å². The van der Waals surface area contributed by atoms with Gasteiger partial charge in [-0.3, -0.25) is 14.8 Å². The van der Waals surface area contributed by atoms with Crippen molar-refractivity contribution in [1.82, 2.24) is 25.8 Å². The number of nitrogens with zero attached hydrogens (tertiary/aromatic N) is 3. The Morgan fingerprint density at radius 1 is 1.06 bits per heavy atom. The van der Waals surface area contributed by atoms with Crippen LogP contribution in [0.15, 0.2) is 72.9 Å². The van der Waals surface area contributed by atoms with Crippen LogP contribution in [-0.2, 0) is 11.2 Å². The first-order chi connectivity index (χ1) is 16.4. The number of hydrogen-bond acceptors (Lipinski definition) is 5. The third kappa shape index (κ3) is 5.44. The Bertz CT molecular complexity index is 1310. The summed E-state index contributed by atoms with van der Waals surface area (Å²) in [5, 5.41) is 22.4. The van der Waals surface area contributed by atoms with Gasteiger partial charge in [0.15, 0.2) is 0 Å². The lowest BCUT2D eigenvalue weighted by Crippen LogP contribution is -2.27. The molecule has 0 saturated heterocycles. The largest absolute Gasteiger partial charge is 0.344 e. The van der Waals surface area contributed by atoms with Gasteiger partial charge in [0.25, 0.3) is 5.91 Å². The summed E-state index contributed by atoms with van der Waals surface area (Å²) in [6.07, 6.45) is 2.14. The fourth-order valence-electron chi connectivity index (χ4n) is 3.78. The lowest BCUT2D eigenvalue weighted by Gasteiger charge is -2.17. The second kappa shape index (κ2) is 10.2. The smallest absolute Gasteiger partial charge is 0.251 e. The van der Waals surface area contributed by atoms with Crippen molar-refractivity contribution in [2.24, 2.45) is 0 Å². The van der Waals surface area contributed by atoms with E-state index in [1.807, 2.05) is 36.4 Å². The van der Waals surface area contributed by atoms with Crippen LogP contribution in [0.25, 0.3) is 10.8 Å². The van der Waals surface area contributed by atoms with Crippen LogP contribution in [0, 0.1) is 5.82 Å². The number of fused-ring (bicyclic) bond motifs is 1. The first-order valence-corrected chi connectivity index (χ1v) is 10.8. The van der Waals surface area contributed by atoms with Crippen molar-refractivity contribution in [3.8, 4) is 0 Å². The lowest BCUT2D eigenvalue weighted by atomic mass is 10.00. The molecule has 1 aromatic heterocycles. The standard InChI is InChI=1S/C25H24FN5O3/c1-16(27-25(33)19-8-10-21(26)11-9-19)23-15-31(30-28-23)22(14-24(32)29-34)13-17-6-7-18-4-2-3-5-20(18)12-17/h2-12,15-16,22,34H,13-14H2,1H3,(H,27,33)(H,29,32)/t16?,22-/m1/s1. The molecule has 0 aliphatic carbocycles. The molecular weight excluding hydrogens is 437 g/mol. The summed E-state index contributed by atoms with van der Waals surface area (Å²) in [6.45, 7) is 1.76. The van der Waals surface area contributed by atoms with Crippen LogP contribution in [0.4, 0.5) is 4.39 Å². The number of rotatable bonds is 8. The van der Waals surface area contributed by atoms with Gasteiger partial charge in [-0.15, -0.1) is 5.10 Å². The Balaban J connectivity index is 1.51. The van der Waals surface area contributed by atoms with Crippen LogP contribution in [0.5, 0.6) is 0 Å². The van der Waals surface area contributed by atoms with Gasteiger partial charge in [-0.2, -0.15) is 0 Å². The molecule has 174 valence electrons. The molecule has 0 aliphatic rings. The van der Waals surface area contributed by atoms with Crippen LogP contribution in [0.1, 0.15) is 47.0 Å². The minimum atomic E-state index is -0.541. The van der Waals surface area contributed by atoms with E-state index in [0.717, 1.165) is 16.3 Å². The molecule has 2 amide bonds. The molecule has 3 aromatic carbocycles. The van der Waals surface area contributed by atoms with Crippen LogP contribution in [-0.4, -0.2) is 32.0 Å². The number of nitrogens with one attached hydrogen (secondary N) is 2. The molecule has 2 atom stereocenters. The number of benzene rings is 3. The van der Waals surface area contributed by atoms with Gasteiger partial charge in [0.1, 0.15) is 11.5 Å². The maximum atomic E-state index is 13.1. The van der Waals surface area contributed by atoms with Gasteiger partial charge in [0.2, 0.25) is 5.91 Å². The van der Waals surface area contributed by atoms with Gasteiger partial charge < -0.3 is 5.32 Å². The third-order valence-electron chi connectivity index (χ3n) is 5.63. The summed E-state index contributed by atoms with van der Waals surface area (Å²) in [4.78, 5) is 24.4. The Morgan fingerprint density at radius 3 is 2.53 bits per heavy atom. The van der Waals surface area contributed by atoms with Gasteiger partial charge in [-0.25, -0.2) is 14.6 Å². The molecule has 0 radical (unpaired) electrons. The Morgan fingerprint density at radius 2 is 1.79 bits per heavy atom. The SMILES string of the molecule is CC(NC(=O)c1ccc(F)cc1)c1cn([C@@H](CC(=O)NO)Cc2ccc3ccccc3c2)nn1. The first-order valence-electron chi connectivity index (χ1n) is 10.8. The van der Waals surface area contributed by atoms with E-state index in [2.05, 4.69) is 21.7 Å². The molecule has 3 N–H and O–H groups in total. The molecule has 4 rings (SSSR count). The molecule has 8 nitrogen and oxygen atoms in total. The lowest BCUT2D eigenvalue weighted by molar-refractivity contribution is -0.130. The Hall–Kier alpha value is -4.11. The van der Waals surface area contributed by atoms with E-state index in [1.165, 1.54) is 24.3 Å². The summed E-state index contributed by atoms with van der Waals surface area (Å²) in [7, 11) is 0. The summed E-state index contributed by atoms with van der Waals surface area (Å²) in [5.41, 5.74) is 3.51. The zero-order chi connectivity index (χ0) is 24.1. The quantitative estimate of drug-likeness (QED) is 0.274. The summed E-state index contributed by atoms with van der Waals surface area (Å²) >= 11 is 0. The van der Waals surface area contributed by atoms with Gasteiger partial charge in [-0.1, -0.05) is 47.7 Å². The number of hydrogen-bond donors (Lipinski definition) is 3. The van der Waals surface area contributed by atoms with E-state index in [4.69, 9.17) is 5.21 Å². The van der Waals surface area contributed by atoms with Crippen molar-refractivity contribution >= 4 is 22.6 Å². The van der Waals surface area contributed by atoms with Crippen LogP contribution >= 0.6 is 0 Å².